The minimum atomic E-state index is 0.0787. The molecule has 112 valence electrons. The topological polar surface area (TPSA) is 32.3 Å². The molecule has 0 aromatic carbocycles. The van der Waals surface area contributed by atoms with Crippen LogP contribution in [0.5, 0.6) is 0 Å². The lowest BCUT2D eigenvalue weighted by Gasteiger charge is -2.20. The van der Waals surface area contributed by atoms with E-state index in [4.69, 9.17) is 0 Å². The van der Waals surface area contributed by atoms with Crippen LogP contribution in [0.1, 0.15) is 78.6 Å². The lowest BCUT2D eigenvalue weighted by Crippen LogP contribution is -2.35. The molecular weight excluding hydrogens is 236 g/mol. The van der Waals surface area contributed by atoms with Crippen molar-refractivity contribution in [2.75, 3.05) is 6.54 Å². The van der Waals surface area contributed by atoms with Crippen molar-refractivity contribution in [2.45, 2.75) is 90.8 Å². The fourth-order valence-electron chi connectivity index (χ4n) is 2.82. The van der Waals surface area contributed by atoms with Crippen molar-refractivity contribution in [3.63, 3.8) is 0 Å². The van der Waals surface area contributed by atoms with Gasteiger partial charge in [0.25, 0.3) is 0 Å². The molecule has 2 unspecified atom stereocenters. The van der Waals surface area contributed by atoms with Gasteiger partial charge in [0.2, 0.25) is 5.91 Å². The Hall–Kier alpha value is -0.570. The lowest BCUT2D eigenvalue weighted by molar-refractivity contribution is -0.130. The Morgan fingerprint density at radius 2 is 1.63 bits per heavy atom. The van der Waals surface area contributed by atoms with E-state index in [1.165, 1.54) is 32.1 Å². The Labute approximate surface area is 119 Å². The van der Waals surface area contributed by atoms with Crippen molar-refractivity contribution in [1.29, 1.82) is 0 Å². The van der Waals surface area contributed by atoms with Gasteiger partial charge in [-0.2, -0.15) is 0 Å². The zero-order valence-corrected chi connectivity index (χ0v) is 13.1. The molecule has 1 fully saturated rings. The molecule has 0 saturated carbocycles. The summed E-state index contributed by atoms with van der Waals surface area (Å²) in [7, 11) is 0. The second kappa shape index (κ2) is 9.35. The Balaban J connectivity index is 2.20. The summed E-state index contributed by atoms with van der Waals surface area (Å²) in [5.74, 6) is 0.328. The van der Waals surface area contributed by atoms with Crippen LogP contribution in [0.3, 0.4) is 0 Å². The first kappa shape index (κ1) is 16.5. The average Bonchev–Trinajstić information content (AvgIpc) is 2.67. The van der Waals surface area contributed by atoms with Crippen LogP contribution in [-0.4, -0.2) is 29.6 Å². The van der Waals surface area contributed by atoms with E-state index >= 15 is 0 Å². The minimum Gasteiger partial charge on any atom is -0.326 e. The number of carbonyl (C=O) groups excluding carboxylic acids is 1. The van der Waals surface area contributed by atoms with Crippen LogP contribution in [0.4, 0.5) is 0 Å². The van der Waals surface area contributed by atoms with Crippen molar-refractivity contribution in [3.8, 4) is 0 Å². The highest BCUT2D eigenvalue weighted by Gasteiger charge is 2.34. The maximum absolute atomic E-state index is 12.3. The van der Waals surface area contributed by atoms with Gasteiger partial charge in [0, 0.05) is 6.54 Å². The molecule has 1 rings (SSSR count). The van der Waals surface area contributed by atoms with E-state index in [1.807, 2.05) is 4.90 Å². The molecule has 0 aromatic heterocycles. The zero-order valence-electron chi connectivity index (χ0n) is 13.1. The maximum Gasteiger partial charge on any atom is 0.241 e. The Morgan fingerprint density at radius 1 is 1.00 bits per heavy atom. The highest BCUT2D eigenvalue weighted by molar-refractivity contribution is 5.84. The summed E-state index contributed by atoms with van der Waals surface area (Å²) in [6.07, 6.45) is 11.2. The van der Waals surface area contributed by atoms with E-state index in [-0.39, 0.29) is 12.2 Å². The van der Waals surface area contributed by atoms with Gasteiger partial charge in [-0.1, -0.05) is 58.8 Å². The SMILES string of the molecule is CCCCCCCCN1C(=O)C(CCCC)NC1C. The fourth-order valence-corrected chi connectivity index (χ4v) is 2.82. The smallest absolute Gasteiger partial charge is 0.241 e. The first-order chi connectivity index (χ1) is 9.20. The molecule has 0 aromatic rings. The summed E-state index contributed by atoms with van der Waals surface area (Å²) in [4.78, 5) is 14.3. The fraction of sp³-hybridized carbons (Fsp3) is 0.938. The van der Waals surface area contributed by atoms with E-state index in [9.17, 15) is 4.79 Å². The molecule has 3 nitrogen and oxygen atoms in total. The van der Waals surface area contributed by atoms with Gasteiger partial charge in [0.05, 0.1) is 12.2 Å². The monoisotopic (exact) mass is 268 g/mol. The van der Waals surface area contributed by atoms with E-state index in [0.717, 1.165) is 32.2 Å². The number of carbonyl (C=O) groups is 1. The van der Waals surface area contributed by atoms with Crippen LogP contribution >= 0.6 is 0 Å². The predicted molar refractivity (Wildman–Crippen MR) is 81.0 cm³/mol. The highest BCUT2D eigenvalue weighted by Crippen LogP contribution is 2.16. The molecule has 0 aliphatic carbocycles. The summed E-state index contributed by atoms with van der Waals surface area (Å²) in [5, 5.41) is 3.43. The third kappa shape index (κ3) is 5.52. The van der Waals surface area contributed by atoms with Crippen molar-refractivity contribution in [2.24, 2.45) is 0 Å². The average molecular weight is 268 g/mol. The number of rotatable bonds is 10. The van der Waals surface area contributed by atoms with Crippen LogP contribution in [-0.2, 0) is 4.79 Å². The van der Waals surface area contributed by atoms with E-state index in [0.29, 0.717) is 5.91 Å². The second-order valence-corrected chi connectivity index (χ2v) is 5.84. The van der Waals surface area contributed by atoms with Crippen LogP contribution < -0.4 is 5.32 Å². The molecule has 1 N–H and O–H groups in total. The Bertz CT molecular complexity index is 255. The van der Waals surface area contributed by atoms with Crippen LogP contribution in [0.25, 0.3) is 0 Å². The van der Waals surface area contributed by atoms with Gasteiger partial charge >= 0.3 is 0 Å². The van der Waals surface area contributed by atoms with Crippen LogP contribution in [0, 0.1) is 0 Å². The molecule has 0 radical (unpaired) electrons. The van der Waals surface area contributed by atoms with Gasteiger partial charge < -0.3 is 4.90 Å². The molecule has 1 aliphatic rings. The number of unbranched alkanes of at least 4 members (excludes halogenated alkanes) is 6. The summed E-state index contributed by atoms with van der Waals surface area (Å²) in [6, 6.07) is 0.0787. The van der Waals surface area contributed by atoms with E-state index in [1.54, 1.807) is 0 Å². The van der Waals surface area contributed by atoms with Crippen molar-refractivity contribution >= 4 is 5.91 Å². The van der Waals surface area contributed by atoms with Crippen LogP contribution in [0.2, 0.25) is 0 Å². The largest absolute Gasteiger partial charge is 0.326 e. The second-order valence-electron chi connectivity index (χ2n) is 5.84. The molecule has 0 spiro atoms. The third-order valence-corrected chi connectivity index (χ3v) is 4.09. The predicted octanol–water partition coefficient (Wildman–Crippen LogP) is 3.68. The normalized spacial score (nSPS) is 23.3. The molecule has 0 bridgehead atoms. The molecule has 1 heterocycles. The van der Waals surface area contributed by atoms with E-state index in [2.05, 4.69) is 26.1 Å². The molecular formula is C16H32N2O. The van der Waals surface area contributed by atoms with Gasteiger partial charge in [0.15, 0.2) is 0 Å². The highest BCUT2D eigenvalue weighted by atomic mass is 16.2. The minimum absolute atomic E-state index is 0.0787. The van der Waals surface area contributed by atoms with Gasteiger partial charge in [-0.3, -0.25) is 10.1 Å². The van der Waals surface area contributed by atoms with Gasteiger partial charge in [-0.25, -0.2) is 0 Å². The van der Waals surface area contributed by atoms with E-state index < -0.39 is 0 Å². The van der Waals surface area contributed by atoms with Gasteiger partial charge in [-0.05, 0) is 19.8 Å². The first-order valence-electron chi connectivity index (χ1n) is 8.27. The number of hydrogen-bond donors (Lipinski definition) is 1. The van der Waals surface area contributed by atoms with Gasteiger partial charge in [-0.15, -0.1) is 0 Å². The Kier molecular flexibility index (Phi) is 8.11. The Morgan fingerprint density at radius 3 is 2.32 bits per heavy atom. The lowest BCUT2D eigenvalue weighted by atomic mass is 10.1. The van der Waals surface area contributed by atoms with Crippen molar-refractivity contribution in [1.82, 2.24) is 10.2 Å². The number of amides is 1. The van der Waals surface area contributed by atoms with Gasteiger partial charge in [0.1, 0.15) is 0 Å². The molecule has 1 amide bonds. The number of nitrogens with zero attached hydrogens (tertiary/aromatic N) is 1. The third-order valence-electron chi connectivity index (χ3n) is 4.09. The molecule has 1 saturated heterocycles. The standard InChI is InChI=1S/C16H32N2O/c1-4-6-8-9-10-11-13-18-14(3)17-15(16(18)19)12-7-5-2/h14-15,17H,4-13H2,1-3H3. The van der Waals surface area contributed by atoms with Crippen molar-refractivity contribution < 1.29 is 4.79 Å². The summed E-state index contributed by atoms with van der Waals surface area (Å²) < 4.78 is 0. The summed E-state index contributed by atoms with van der Waals surface area (Å²) >= 11 is 0. The molecule has 3 heteroatoms. The molecule has 1 aliphatic heterocycles. The molecule has 2 atom stereocenters. The summed E-state index contributed by atoms with van der Waals surface area (Å²) in [5.41, 5.74) is 0. The zero-order chi connectivity index (χ0) is 14.1. The number of hydrogen-bond acceptors (Lipinski definition) is 2. The van der Waals surface area contributed by atoms with Crippen molar-refractivity contribution in [3.05, 3.63) is 0 Å². The summed E-state index contributed by atoms with van der Waals surface area (Å²) in [6.45, 7) is 7.46. The number of nitrogens with one attached hydrogen (secondary N) is 1. The first-order valence-corrected chi connectivity index (χ1v) is 8.27. The van der Waals surface area contributed by atoms with Crippen LogP contribution in [0.15, 0.2) is 0 Å². The maximum atomic E-state index is 12.3. The molecule has 19 heavy (non-hydrogen) atoms. The quantitative estimate of drug-likeness (QED) is 0.613.